The van der Waals surface area contributed by atoms with Gasteiger partial charge < -0.3 is 4.98 Å². The summed E-state index contributed by atoms with van der Waals surface area (Å²) in [5, 5.41) is 0. The Morgan fingerprint density at radius 2 is 2.06 bits per heavy atom. The normalized spacial score (nSPS) is 10.4. The molecule has 0 aromatic carbocycles. The van der Waals surface area contributed by atoms with Crippen molar-refractivity contribution in [1.29, 1.82) is 0 Å². The van der Waals surface area contributed by atoms with Gasteiger partial charge >= 0.3 is 0 Å². The van der Waals surface area contributed by atoms with Crippen molar-refractivity contribution in [2.75, 3.05) is 0 Å². The third-order valence-corrected chi connectivity index (χ3v) is 2.66. The van der Waals surface area contributed by atoms with Gasteiger partial charge in [-0.15, -0.1) is 0 Å². The molecule has 0 aliphatic rings. The van der Waals surface area contributed by atoms with E-state index >= 15 is 0 Å². The molecule has 0 aliphatic heterocycles. The first-order valence-electron chi connectivity index (χ1n) is 4.76. The predicted octanol–water partition coefficient (Wildman–Crippen LogP) is 2.96. The van der Waals surface area contributed by atoms with Gasteiger partial charge in [0, 0.05) is 17.3 Å². The molecule has 3 nitrogen and oxygen atoms in total. The number of nitrogens with zero attached hydrogens (tertiary/aromatic N) is 2. The number of H-pyrrole nitrogens is 1. The second-order valence-corrected chi connectivity index (χ2v) is 3.91. The van der Waals surface area contributed by atoms with Crippen LogP contribution in [-0.4, -0.2) is 15.0 Å². The Labute approximate surface area is 97.4 Å². The fraction of sp³-hybridized carbons (Fsp3) is 0.182. The third kappa shape index (κ3) is 1.99. The number of aryl methyl sites for hydroxylation is 1. The Hall–Kier alpha value is -1.62. The van der Waals surface area contributed by atoms with Crippen LogP contribution in [0.4, 0.5) is 4.39 Å². The van der Waals surface area contributed by atoms with Crippen molar-refractivity contribution in [1.82, 2.24) is 15.0 Å². The van der Waals surface area contributed by atoms with Crippen LogP contribution in [0, 0.1) is 24.3 Å². The van der Waals surface area contributed by atoms with Gasteiger partial charge in [-0.05, 0) is 19.9 Å². The largest absolute Gasteiger partial charge is 0.343 e. The Kier molecular flexibility index (Phi) is 2.78. The van der Waals surface area contributed by atoms with Crippen molar-refractivity contribution in [2.24, 2.45) is 0 Å². The van der Waals surface area contributed by atoms with Crippen LogP contribution in [0.3, 0.4) is 0 Å². The maximum absolute atomic E-state index is 13.1. The summed E-state index contributed by atoms with van der Waals surface area (Å²) in [5.41, 5.74) is 2.27. The van der Waals surface area contributed by atoms with Gasteiger partial charge in [-0.25, -0.2) is 9.37 Å². The summed E-state index contributed by atoms with van der Waals surface area (Å²) < 4.78 is 13.6. The second-order valence-electron chi connectivity index (χ2n) is 3.52. The number of pyridine rings is 1. The van der Waals surface area contributed by atoms with Gasteiger partial charge in [0.2, 0.25) is 0 Å². The molecule has 2 heterocycles. The first-order valence-corrected chi connectivity index (χ1v) is 5.17. The fourth-order valence-electron chi connectivity index (χ4n) is 1.48. The number of halogens is 1. The van der Waals surface area contributed by atoms with E-state index < -0.39 is 0 Å². The van der Waals surface area contributed by atoms with E-state index in [0.717, 1.165) is 11.3 Å². The molecule has 0 amide bonds. The van der Waals surface area contributed by atoms with E-state index in [0.29, 0.717) is 16.0 Å². The number of aromatic amines is 1. The second kappa shape index (κ2) is 4.09. The lowest BCUT2D eigenvalue weighted by Crippen LogP contribution is -1.97. The van der Waals surface area contributed by atoms with Crippen LogP contribution in [0.1, 0.15) is 11.4 Å². The highest BCUT2D eigenvalue weighted by Crippen LogP contribution is 2.21. The smallest absolute Gasteiger partial charge is 0.142 e. The van der Waals surface area contributed by atoms with Crippen molar-refractivity contribution in [3.63, 3.8) is 0 Å². The number of hydrogen-bond acceptors (Lipinski definition) is 3. The molecule has 0 bridgehead atoms. The van der Waals surface area contributed by atoms with Crippen LogP contribution >= 0.6 is 12.2 Å². The molecule has 1 N–H and O–H groups in total. The maximum Gasteiger partial charge on any atom is 0.142 e. The van der Waals surface area contributed by atoms with E-state index in [1.165, 1.54) is 12.3 Å². The molecule has 0 spiro atoms. The lowest BCUT2D eigenvalue weighted by molar-refractivity contribution is 0.622. The first kappa shape index (κ1) is 10.9. The zero-order valence-electron chi connectivity index (χ0n) is 8.91. The van der Waals surface area contributed by atoms with E-state index in [-0.39, 0.29) is 5.82 Å². The highest BCUT2D eigenvalue weighted by Gasteiger charge is 2.06. The summed E-state index contributed by atoms with van der Waals surface area (Å²) in [7, 11) is 0. The van der Waals surface area contributed by atoms with Crippen LogP contribution in [0.5, 0.6) is 0 Å². The monoisotopic (exact) mass is 235 g/mol. The van der Waals surface area contributed by atoms with Gasteiger partial charge in [-0.2, -0.15) is 0 Å². The summed E-state index contributed by atoms with van der Waals surface area (Å²) in [4.78, 5) is 11.0. The van der Waals surface area contributed by atoms with E-state index in [4.69, 9.17) is 12.2 Å². The predicted molar refractivity (Wildman–Crippen MR) is 62.1 cm³/mol. The number of rotatable bonds is 1. The highest BCUT2D eigenvalue weighted by molar-refractivity contribution is 7.71. The van der Waals surface area contributed by atoms with E-state index in [2.05, 4.69) is 15.0 Å². The van der Waals surface area contributed by atoms with Gasteiger partial charge in [-0.1, -0.05) is 12.2 Å². The number of nitrogens with one attached hydrogen (secondary N) is 1. The van der Waals surface area contributed by atoms with Gasteiger partial charge in [0.05, 0.1) is 11.9 Å². The zero-order chi connectivity index (χ0) is 11.7. The summed E-state index contributed by atoms with van der Waals surface area (Å²) in [6, 6.07) is 1.42. The highest BCUT2D eigenvalue weighted by atomic mass is 32.1. The van der Waals surface area contributed by atoms with Crippen molar-refractivity contribution >= 4 is 12.2 Å². The lowest BCUT2D eigenvalue weighted by atomic mass is 10.1. The van der Waals surface area contributed by atoms with Crippen LogP contribution in [0.2, 0.25) is 0 Å². The fourth-order valence-corrected chi connectivity index (χ4v) is 1.72. The molecule has 2 aromatic rings. The minimum absolute atomic E-state index is 0.370. The third-order valence-electron chi connectivity index (χ3n) is 2.26. The molecule has 0 atom stereocenters. The summed E-state index contributed by atoms with van der Waals surface area (Å²) in [6.07, 6.45) is 2.76. The van der Waals surface area contributed by atoms with Gasteiger partial charge in [0.1, 0.15) is 16.3 Å². The first-order chi connectivity index (χ1) is 7.58. The minimum Gasteiger partial charge on any atom is -0.343 e. The molecular formula is C11H10FN3S. The van der Waals surface area contributed by atoms with Gasteiger partial charge in [0.25, 0.3) is 0 Å². The summed E-state index contributed by atoms with van der Waals surface area (Å²) in [5.74, 6) is 0.334. The SMILES string of the molecule is Cc1nc(=S)c(C)c(-c2cncc(F)c2)[nH]1. The molecule has 0 radical (unpaired) electrons. The van der Waals surface area contributed by atoms with Crippen LogP contribution in [-0.2, 0) is 0 Å². The summed E-state index contributed by atoms with van der Waals surface area (Å²) >= 11 is 5.12. The summed E-state index contributed by atoms with van der Waals surface area (Å²) in [6.45, 7) is 3.66. The Bertz CT molecular complexity index is 592. The van der Waals surface area contributed by atoms with Crippen molar-refractivity contribution in [2.45, 2.75) is 13.8 Å². The van der Waals surface area contributed by atoms with Crippen molar-refractivity contribution < 1.29 is 4.39 Å². The van der Waals surface area contributed by atoms with Crippen molar-refractivity contribution in [3.05, 3.63) is 40.3 Å². The quantitative estimate of drug-likeness (QED) is 0.773. The zero-order valence-corrected chi connectivity index (χ0v) is 9.73. The molecule has 0 fully saturated rings. The molecule has 0 unspecified atom stereocenters. The Balaban J connectivity index is 2.69. The van der Waals surface area contributed by atoms with Gasteiger partial charge in [-0.3, -0.25) is 4.98 Å². The average molecular weight is 235 g/mol. The molecule has 0 saturated heterocycles. The van der Waals surface area contributed by atoms with Crippen LogP contribution < -0.4 is 0 Å². The molecule has 16 heavy (non-hydrogen) atoms. The maximum atomic E-state index is 13.1. The minimum atomic E-state index is -0.370. The average Bonchev–Trinajstić information content (AvgIpc) is 2.23. The Morgan fingerprint density at radius 3 is 2.75 bits per heavy atom. The van der Waals surface area contributed by atoms with E-state index in [9.17, 15) is 4.39 Å². The van der Waals surface area contributed by atoms with Gasteiger partial charge in [0.15, 0.2) is 0 Å². The molecule has 82 valence electrons. The molecule has 0 saturated carbocycles. The van der Waals surface area contributed by atoms with Crippen LogP contribution in [0.25, 0.3) is 11.3 Å². The molecule has 2 rings (SSSR count). The van der Waals surface area contributed by atoms with Crippen molar-refractivity contribution in [3.8, 4) is 11.3 Å². The van der Waals surface area contributed by atoms with E-state index in [1.807, 2.05) is 13.8 Å². The molecule has 5 heteroatoms. The molecular weight excluding hydrogens is 225 g/mol. The number of hydrogen-bond donors (Lipinski definition) is 1. The van der Waals surface area contributed by atoms with Crippen LogP contribution in [0.15, 0.2) is 18.5 Å². The topological polar surface area (TPSA) is 41.6 Å². The van der Waals surface area contributed by atoms with E-state index in [1.54, 1.807) is 6.20 Å². The molecule has 0 aliphatic carbocycles. The standard InChI is InChI=1S/C11H10FN3S/c1-6-10(14-7(2)15-11(6)16)8-3-9(12)5-13-4-8/h3-5H,1-2H3,(H,14,15,16). The molecule has 2 aromatic heterocycles. The number of aromatic nitrogens is 3. The Morgan fingerprint density at radius 1 is 1.31 bits per heavy atom. The lowest BCUT2D eigenvalue weighted by Gasteiger charge is -2.07.